The van der Waals surface area contributed by atoms with E-state index in [4.69, 9.17) is 11.5 Å². The first-order chi connectivity index (χ1) is 7.56. The summed E-state index contributed by atoms with van der Waals surface area (Å²) in [4.78, 5) is 15.9. The molecule has 4 nitrogen and oxygen atoms in total. The Morgan fingerprint density at radius 3 is 2.69 bits per heavy atom. The highest BCUT2D eigenvalue weighted by Crippen LogP contribution is 2.16. The molecule has 1 heterocycles. The first kappa shape index (κ1) is 12.6. The molecule has 0 amide bonds. The third-order valence-electron chi connectivity index (χ3n) is 2.78. The van der Waals surface area contributed by atoms with Crippen molar-refractivity contribution >= 4 is 11.5 Å². The highest BCUT2D eigenvalue weighted by Gasteiger charge is 2.21. The van der Waals surface area contributed by atoms with Gasteiger partial charge in [0.05, 0.1) is 0 Å². The lowest BCUT2D eigenvalue weighted by atomic mass is 9.88. The highest BCUT2D eigenvalue weighted by atomic mass is 16.1. The maximum Gasteiger partial charge on any atom is 0.141 e. The molecule has 88 valence electrons. The van der Waals surface area contributed by atoms with E-state index in [-0.39, 0.29) is 17.6 Å². The van der Waals surface area contributed by atoms with Crippen molar-refractivity contribution in [3.8, 4) is 0 Å². The van der Waals surface area contributed by atoms with E-state index in [1.807, 2.05) is 13.8 Å². The summed E-state index contributed by atoms with van der Waals surface area (Å²) >= 11 is 0. The molecular weight excluding hydrogens is 202 g/mol. The molecule has 0 saturated heterocycles. The number of pyridine rings is 1. The third-order valence-corrected chi connectivity index (χ3v) is 2.78. The lowest BCUT2D eigenvalue weighted by Crippen LogP contribution is -2.29. The highest BCUT2D eigenvalue weighted by molar-refractivity contribution is 5.84. The Balaban J connectivity index is 2.74. The molecule has 0 fully saturated rings. The lowest BCUT2D eigenvalue weighted by Gasteiger charge is -2.17. The number of carbonyl (C=O) groups excluding carboxylic acids is 1. The first-order valence-electron chi connectivity index (χ1n) is 5.47. The summed E-state index contributed by atoms with van der Waals surface area (Å²) in [5, 5.41) is 0. The van der Waals surface area contributed by atoms with Crippen molar-refractivity contribution in [2.24, 2.45) is 17.6 Å². The van der Waals surface area contributed by atoms with Crippen LogP contribution in [0.15, 0.2) is 18.5 Å². The Kier molecular flexibility index (Phi) is 4.43. The molecule has 4 N–H and O–H groups in total. The van der Waals surface area contributed by atoms with Gasteiger partial charge < -0.3 is 11.5 Å². The van der Waals surface area contributed by atoms with E-state index in [0.29, 0.717) is 18.7 Å². The Morgan fingerprint density at radius 2 is 2.19 bits per heavy atom. The Hall–Kier alpha value is -1.42. The van der Waals surface area contributed by atoms with Gasteiger partial charge in [-0.2, -0.15) is 0 Å². The summed E-state index contributed by atoms with van der Waals surface area (Å²) in [5.74, 6) is 0.298. The van der Waals surface area contributed by atoms with Gasteiger partial charge in [-0.1, -0.05) is 13.8 Å². The van der Waals surface area contributed by atoms with Crippen LogP contribution in [0.3, 0.4) is 0 Å². The Morgan fingerprint density at radius 1 is 1.50 bits per heavy atom. The van der Waals surface area contributed by atoms with E-state index in [2.05, 4.69) is 4.98 Å². The number of hydrogen-bond acceptors (Lipinski definition) is 4. The number of carbonyl (C=O) groups is 1. The van der Waals surface area contributed by atoms with Crippen molar-refractivity contribution < 1.29 is 4.79 Å². The number of nitrogen functional groups attached to an aromatic ring is 1. The van der Waals surface area contributed by atoms with Crippen molar-refractivity contribution in [1.82, 2.24) is 4.98 Å². The van der Waals surface area contributed by atoms with E-state index < -0.39 is 0 Å². The predicted molar refractivity (Wildman–Crippen MR) is 64.7 cm³/mol. The fourth-order valence-electron chi connectivity index (χ4n) is 1.68. The number of rotatable bonds is 5. The molecule has 0 aromatic carbocycles. The average molecular weight is 221 g/mol. The number of Topliss-reactive ketones (excluding diaryl/α,β-unsaturated/α-hetero) is 1. The van der Waals surface area contributed by atoms with Crippen LogP contribution in [0.1, 0.15) is 19.4 Å². The van der Waals surface area contributed by atoms with E-state index >= 15 is 0 Å². The van der Waals surface area contributed by atoms with E-state index in [1.54, 1.807) is 18.5 Å². The maximum absolute atomic E-state index is 12.0. The summed E-state index contributed by atoms with van der Waals surface area (Å²) in [5.41, 5.74) is 12.8. The fraction of sp³-hybridized carbons (Fsp3) is 0.500. The molecule has 0 radical (unpaired) electrons. The van der Waals surface area contributed by atoms with E-state index in [1.165, 1.54) is 0 Å². The Labute approximate surface area is 96.0 Å². The minimum absolute atomic E-state index is 0.0976. The van der Waals surface area contributed by atoms with Gasteiger partial charge in [-0.05, 0) is 12.0 Å². The zero-order chi connectivity index (χ0) is 12.1. The molecule has 0 saturated carbocycles. The van der Waals surface area contributed by atoms with Crippen LogP contribution in [-0.4, -0.2) is 17.3 Å². The Bertz CT molecular complexity index is 363. The zero-order valence-electron chi connectivity index (χ0n) is 9.81. The number of nitrogens with zero attached hydrogens (tertiary/aromatic N) is 1. The second-order valence-corrected chi connectivity index (χ2v) is 4.30. The fourth-order valence-corrected chi connectivity index (χ4v) is 1.68. The summed E-state index contributed by atoms with van der Waals surface area (Å²) in [6, 6.07) is 1.70. The van der Waals surface area contributed by atoms with Crippen molar-refractivity contribution in [3.05, 3.63) is 24.0 Å². The van der Waals surface area contributed by atoms with Crippen molar-refractivity contribution in [3.63, 3.8) is 0 Å². The smallest absolute Gasteiger partial charge is 0.141 e. The molecule has 1 unspecified atom stereocenters. The second-order valence-electron chi connectivity index (χ2n) is 4.30. The number of hydrogen-bond donors (Lipinski definition) is 2. The molecule has 0 spiro atoms. The normalized spacial score (nSPS) is 12.8. The van der Waals surface area contributed by atoms with Gasteiger partial charge in [0.15, 0.2) is 0 Å². The lowest BCUT2D eigenvalue weighted by molar-refractivity contribution is -0.123. The minimum Gasteiger partial charge on any atom is -0.398 e. The summed E-state index contributed by atoms with van der Waals surface area (Å²) < 4.78 is 0. The van der Waals surface area contributed by atoms with E-state index in [0.717, 1.165) is 5.56 Å². The average Bonchev–Trinajstić information content (AvgIpc) is 2.22. The van der Waals surface area contributed by atoms with Gasteiger partial charge in [0, 0.05) is 42.5 Å². The molecule has 1 rings (SSSR count). The van der Waals surface area contributed by atoms with Crippen LogP contribution in [0, 0.1) is 11.8 Å². The van der Waals surface area contributed by atoms with E-state index in [9.17, 15) is 4.79 Å². The molecule has 1 atom stereocenters. The van der Waals surface area contributed by atoms with Gasteiger partial charge in [-0.3, -0.25) is 9.78 Å². The molecule has 0 aliphatic heterocycles. The number of aromatic nitrogens is 1. The third kappa shape index (κ3) is 3.03. The molecule has 0 aliphatic carbocycles. The summed E-state index contributed by atoms with van der Waals surface area (Å²) in [7, 11) is 0. The molecule has 16 heavy (non-hydrogen) atoms. The van der Waals surface area contributed by atoms with Crippen molar-refractivity contribution in [2.45, 2.75) is 20.3 Å². The van der Waals surface area contributed by atoms with Crippen LogP contribution in [0.4, 0.5) is 5.69 Å². The van der Waals surface area contributed by atoms with Gasteiger partial charge in [0.25, 0.3) is 0 Å². The van der Waals surface area contributed by atoms with Gasteiger partial charge >= 0.3 is 0 Å². The molecule has 4 heteroatoms. The van der Waals surface area contributed by atoms with Crippen molar-refractivity contribution in [1.29, 1.82) is 0 Å². The minimum atomic E-state index is -0.0976. The quantitative estimate of drug-likeness (QED) is 0.777. The molecule has 1 aromatic rings. The zero-order valence-corrected chi connectivity index (χ0v) is 9.81. The van der Waals surface area contributed by atoms with Crippen LogP contribution >= 0.6 is 0 Å². The predicted octanol–water partition coefficient (Wildman–Crippen LogP) is 1.01. The topological polar surface area (TPSA) is 82.0 Å². The number of anilines is 1. The first-order valence-corrected chi connectivity index (χ1v) is 5.47. The monoisotopic (exact) mass is 221 g/mol. The number of ketones is 1. The SMILES string of the molecule is CC(C)C(CN)C(=O)Cc1cnccc1N. The molecule has 1 aromatic heterocycles. The van der Waals surface area contributed by atoms with Crippen LogP contribution < -0.4 is 11.5 Å². The van der Waals surface area contributed by atoms with Gasteiger partial charge in [0.2, 0.25) is 0 Å². The van der Waals surface area contributed by atoms with Gasteiger partial charge in [0.1, 0.15) is 5.78 Å². The van der Waals surface area contributed by atoms with Crippen molar-refractivity contribution in [2.75, 3.05) is 12.3 Å². The number of nitrogens with two attached hydrogens (primary N) is 2. The van der Waals surface area contributed by atoms with Crippen LogP contribution in [-0.2, 0) is 11.2 Å². The second kappa shape index (κ2) is 5.61. The standard InChI is InChI=1S/C12H19N3O/c1-8(2)10(6-13)12(16)5-9-7-15-4-3-11(9)14/h3-4,7-8,10H,5-6,13H2,1-2H3,(H2,14,15). The van der Waals surface area contributed by atoms with Gasteiger partial charge in [-0.25, -0.2) is 0 Å². The van der Waals surface area contributed by atoms with Crippen LogP contribution in [0.25, 0.3) is 0 Å². The maximum atomic E-state index is 12.0. The molecule has 0 bridgehead atoms. The van der Waals surface area contributed by atoms with Gasteiger partial charge in [-0.15, -0.1) is 0 Å². The summed E-state index contributed by atoms with van der Waals surface area (Å²) in [6.45, 7) is 4.39. The summed E-state index contributed by atoms with van der Waals surface area (Å²) in [6.07, 6.45) is 3.58. The van der Waals surface area contributed by atoms with Crippen LogP contribution in [0.5, 0.6) is 0 Å². The van der Waals surface area contributed by atoms with Crippen LogP contribution in [0.2, 0.25) is 0 Å². The largest absolute Gasteiger partial charge is 0.398 e. The molecular formula is C12H19N3O. The molecule has 0 aliphatic rings.